The standard InChI is InChI=1S/C12H26N2O/c1-10(2)12(7-13)8-14-5-3-11-4-6-15-9-11/h10-12,14H,3-9,13H2,1-2H3. The van der Waals surface area contributed by atoms with E-state index >= 15 is 0 Å². The van der Waals surface area contributed by atoms with Gasteiger partial charge in [-0.05, 0) is 50.2 Å². The van der Waals surface area contributed by atoms with Gasteiger partial charge in [0.1, 0.15) is 0 Å². The van der Waals surface area contributed by atoms with Crippen LogP contribution >= 0.6 is 0 Å². The largest absolute Gasteiger partial charge is 0.381 e. The Kier molecular flexibility index (Phi) is 6.22. The molecule has 0 radical (unpaired) electrons. The molecular weight excluding hydrogens is 188 g/mol. The zero-order valence-corrected chi connectivity index (χ0v) is 10.2. The number of nitrogens with two attached hydrogens (primary N) is 1. The van der Waals surface area contributed by atoms with Crippen LogP contribution in [0.3, 0.4) is 0 Å². The van der Waals surface area contributed by atoms with Crippen LogP contribution in [0.4, 0.5) is 0 Å². The van der Waals surface area contributed by atoms with Crippen molar-refractivity contribution < 1.29 is 4.74 Å². The van der Waals surface area contributed by atoms with Crippen LogP contribution in [0.2, 0.25) is 0 Å². The van der Waals surface area contributed by atoms with E-state index in [1.807, 2.05) is 0 Å². The van der Waals surface area contributed by atoms with Crippen LogP contribution in [-0.4, -0.2) is 32.8 Å². The number of ether oxygens (including phenoxy) is 1. The molecule has 0 amide bonds. The predicted octanol–water partition coefficient (Wildman–Crippen LogP) is 1.23. The molecule has 1 rings (SSSR count). The van der Waals surface area contributed by atoms with Crippen molar-refractivity contribution >= 4 is 0 Å². The Labute approximate surface area is 93.8 Å². The lowest BCUT2D eigenvalue weighted by atomic mass is 9.96. The van der Waals surface area contributed by atoms with Crippen molar-refractivity contribution in [3.63, 3.8) is 0 Å². The van der Waals surface area contributed by atoms with Crippen molar-refractivity contribution in [3.8, 4) is 0 Å². The molecule has 1 heterocycles. The van der Waals surface area contributed by atoms with Crippen molar-refractivity contribution in [2.75, 3.05) is 32.8 Å². The zero-order valence-electron chi connectivity index (χ0n) is 10.2. The quantitative estimate of drug-likeness (QED) is 0.627. The zero-order chi connectivity index (χ0) is 11.1. The highest BCUT2D eigenvalue weighted by atomic mass is 16.5. The van der Waals surface area contributed by atoms with Gasteiger partial charge in [-0.25, -0.2) is 0 Å². The Morgan fingerprint density at radius 2 is 2.27 bits per heavy atom. The van der Waals surface area contributed by atoms with Gasteiger partial charge in [-0.3, -0.25) is 0 Å². The second-order valence-corrected chi connectivity index (χ2v) is 4.96. The molecule has 3 nitrogen and oxygen atoms in total. The van der Waals surface area contributed by atoms with Crippen LogP contribution in [0, 0.1) is 17.8 Å². The summed E-state index contributed by atoms with van der Waals surface area (Å²) >= 11 is 0. The monoisotopic (exact) mass is 214 g/mol. The summed E-state index contributed by atoms with van der Waals surface area (Å²) < 4.78 is 5.35. The van der Waals surface area contributed by atoms with Gasteiger partial charge in [0.25, 0.3) is 0 Å². The maximum absolute atomic E-state index is 5.72. The van der Waals surface area contributed by atoms with Crippen LogP contribution < -0.4 is 11.1 Å². The molecule has 1 aliphatic rings. The fraction of sp³-hybridized carbons (Fsp3) is 1.00. The van der Waals surface area contributed by atoms with Crippen molar-refractivity contribution in [1.82, 2.24) is 5.32 Å². The molecule has 1 aliphatic heterocycles. The summed E-state index contributed by atoms with van der Waals surface area (Å²) in [5, 5.41) is 3.51. The summed E-state index contributed by atoms with van der Waals surface area (Å²) in [6.07, 6.45) is 2.49. The van der Waals surface area contributed by atoms with E-state index in [-0.39, 0.29) is 0 Å². The lowest BCUT2D eigenvalue weighted by molar-refractivity contribution is 0.184. The highest BCUT2D eigenvalue weighted by Gasteiger charge is 2.15. The van der Waals surface area contributed by atoms with Gasteiger partial charge in [0.2, 0.25) is 0 Å². The lowest BCUT2D eigenvalue weighted by Crippen LogP contribution is -2.32. The number of hydrogen-bond acceptors (Lipinski definition) is 3. The van der Waals surface area contributed by atoms with E-state index < -0.39 is 0 Å². The first-order valence-electron chi connectivity index (χ1n) is 6.22. The third kappa shape index (κ3) is 4.96. The van der Waals surface area contributed by atoms with E-state index in [0.717, 1.165) is 38.8 Å². The molecule has 0 aromatic heterocycles. The molecule has 90 valence electrons. The van der Waals surface area contributed by atoms with E-state index in [2.05, 4.69) is 19.2 Å². The summed E-state index contributed by atoms with van der Waals surface area (Å²) in [5.41, 5.74) is 5.72. The maximum atomic E-state index is 5.72. The highest BCUT2D eigenvalue weighted by molar-refractivity contribution is 4.69. The summed E-state index contributed by atoms with van der Waals surface area (Å²) in [6, 6.07) is 0. The summed E-state index contributed by atoms with van der Waals surface area (Å²) in [4.78, 5) is 0. The molecule has 0 spiro atoms. The van der Waals surface area contributed by atoms with E-state index in [1.54, 1.807) is 0 Å². The van der Waals surface area contributed by atoms with E-state index in [0.29, 0.717) is 11.8 Å². The molecule has 2 atom stereocenters. The summed E-state index contributed by atoms with van der Waals surface area (Å²) in [5.74, 6) is 2.08. The minimum Gasteiger partial charge on any atom is -0.381 e. The third-order valence-electron chi connectivity index (χ3n) is 3.41. The molecule has 2 unspecified atom stereocenters. The topological polar surface area (TPSA) is 47.3 Å². The molecule has 0 aromatic rings. The van der Waals surface area contributed by atoms with Gasteiger partial charge >= 0.3 is 0 Å². The molecule has 1 saturated heterocycles. The Morgan fingerprint density at radius 3 is 2.80 bits per heavy atom. The van der Waals surface area contributed by atoms with Crippen molar-refractivity contribution in [3.05, 3.63) is 0 Å². The molecule has 3 heteroatoms. The fourth-order valence-electron chi connectivity index (χ4n) is 2.00. The van der Waals surface area contributed by atoms with Gasteiger partial charge in [-0.1, -0.05) is 13.8 Å². The lowest BCUT2D eigenvalue weighted by Gasteiger charge is -2.19. The van der Waals surface area contributed by atoms with Gasteiger partial charge in [-0.2, -0.15) is 0 Å². The van der Waals surface area contributed by atoms with Gasteiger partial charge in [0.15, 0.2) is 0 Å². The first kappa shape index (κ1) is 12.9. The highest BCUT2D eigenvalue weighted by Crippen LogP contribution is 2.15. The van der Waals surface area contributed by atoms with Crippen molar-refractivity contribution in [2.45, 2.75) is 26.7 Å². The maximum Gasteiger partial charge on any atom is 0.0495 e. The van der Waals surface area contributed by atoms with Crippen LogP contribution in [0.25, 0.3) is 0 Å². The van der Waals surface area contributed by atoms with Gasteiger partial charge in [0.05, 0.1) is 0 Å². The SMILES string of the molecule is CC(C)C(CN)CNCCC1CCOC1. The molecule has 1 fully saturated rings. The number of hydrogen-bond donors (Lipinski definition) is 2. The molecular formula is C12H26N2O. The van der Waals surface area contributed by atoms with Crippen LogP contribution in [0.15, 0.2) is 0 Å². The Morgan fingerprint density at radius 1 is 1.47 bits per heavy atom. The minimum absolute atomic E-state index is 0.616. The molecule has 0 aliphatic carbocycles. The van der Waals surface area contributed by atoms with Gasteiger partial charge in [-0.15, -0.1) is 0 Å². The Hall–Kier alpha value is -0.120. The fourth-order valence-corrected chi connectivity index (χ4v) is 2.00. The molecule has 0 aromatic carbocycles. The average molecular weight is 214 g/mol. The van der Waals surface area contributed by atoms with Gasteiger partial charge in [0, 0.05) is 13.2 Å². The number of rotatable bonds is 7. The normalized spacial score (nSPS) is 23.6. The molecule has 0 bridgehead atoms. The van der Waals surface area contributed by atoms with Crippen LogP contribution in [0.5, 0.6) is 0 Å². The van der Waals surface area contributed by atoms with Crippen molar-refractivity contribution in [2.24, 2.45) is 23.5 Å². The van der Waals surface area contributed by atoms with Gasteiger partial charge < -0.3 is 15.8 Å². The first-order valence-corrected chi connectivity index (χ1v) is 6.22. The summed E-state index contributed by atoms with van der Waals surface area (Å²) in [6.45, 7) is 9.36. The predicted molar refractivity (Wildman–Crippen MR) is 63.8 cm³/mol. The van der Waals surface area contributed by atoms with Crippen LogP contribution in [-0.2, 0) is 4.74 Å². The van der Waals surface area contributed by atoms with E-state index in [9.17, 15) is 0 Å². The van der Waals surface area contributed by atoms with Crippen LogP contribution in [0.1, 0.15) is 26.7 Å². The number of nitrogens with one attached hydrogen (secondary N) is 1. The average Bonchev–Trinajstić information content (AvgIpc) is 2.70. The smallest absolute Gasteiger partial charge is 0.0495 e. The second-order valence-electron chi connectivity index (χ2n) is 4.96. The molecule has 15 heavy (non-hydrogen) atoms. The van der Waals surface area contributed by atoms with E-state index in [4.69, 9.17) is 10.5 Å². The minimum atomic E-state index is 0.616. The first-order chi connectivity index (χ1) is 7.24. The van der Waals surface area contributed by atoms with Crippen molar-refractivity contribution in [1.29, 1.82) is 0 Å². The molecule has 3 N–H and O–H groups in total. The van der Waals surface area contributed by atoms with E-state index in [1.165, 1.54) is 12.8 Å². The second kappa shape index (κ2) is 7.20. The molecule has 0 saturated carbocycles. The third-order valence-corrected chi connectivity index (χ3v) is 3.41. The summed E-state index contributed by atoms with van der Waals surface area (Å²) in [7, 11) is 0. The Bertz CT molecular complexity index is 156. The Balaban J connectivity index is 1.99.